The van der Waals surface area contributed by atoms with Crippen molar-refractivity contribution >= 4 is 39.2 Å². The van der Waals surface area contributed by atoms with Gasteiger partial charge in [-0.3, -0.25) is 9.78 Å². The molecule has 1 atom stereocenters. The second kappa shape index (κ2) is 7.01. The second-order valence-corrected chi connectivity index (χ2v) is 7.24. The number of nitrogens with one attached hydrogen (secondary N) is 1. The van der Waals surface area contributed by atoms with E-state index in [1.165, 1.54) is 12.0 Å². The Morgan fingerprint density at radius 3 is 2.93 bits per heavy atom. The minimum absolute atomic E-state index is 0.245. The average molecular weight is 384 g/mol. The number of carbonyl (C=O) groups is 1. The molecule has 1 amide bonds. The molecule has 144 valence electrons. The lowest BCUT2D eigenvalue weighted by atomic mass is 10.1. The smallest absolute Gasteiger partial charge is 0.250 e. The maximum absolute atomic E-state index is 11.7. The van der Waals surface area contributed by atoms with Crippen molar-refractivity contribution in [3.05, 3.63) is 66.6 Å². The molecular formula is C22H20N6O. The Morgan fingerprint density at radius 2 is 2.03 bits per heavy atom. The summed E-state index contributed by atoms with van der Waals surface area (Å²) in [4.78, 5) is 27.1. The summed E-state index contributed by atoms with van der Waals surface area (Å²) >= 11 is 0. The number of hydrogen-bond donors (Lipinski definition) is 2. The molecule has 5 rings (SSSR count). The number of benzene rings is 2. The van der Waals surface area contributed by atoms with E-state index in [1.807, 2.05) is 18.3 Å². The van der Waals surface area contributed by atoms with Crippen LogP contribution in [0.25, 0.3) is 21.8 Å². The summed E-state index contributed by atoms with van der Waals surface area (Å²) in [5.74, 6) is 0.241. The van der Waals surface area contributed by atoms with Crippen molar-refractivity contribution in [3.63, 3.8) is 0 Å². The van der Waals surface area contributed by atoms with Crippen molar-refractivity contribution in [1.29, 1.82) is 0 Å². The number of fused-ring (bicyclic) bond motifs is 2. The topological polar surface area (TPSA) is 97.0 Å². The molecule has 0 spiro atoms. The van der Waals surface area contributed by atoms with Gasteiger partial charge in [-0.15, -0.1) is 0 Å². The number of aromatic nitrogens is 3. The maximum Gasteiger partial charge on any atom is 0.250 e. The van der Waals surface area contributed by atoms with Gasteiger partial charge in [-0.25, -0.2) is 9.97 Å². The Hall–Kier alpha value is -3.74. The molecule has 3 heterocycles. The van der Waals surface area contributed by atoms with Crippen LogP contribution in [0, 0.1) is 0 Å². The van der Waals surface area contributed by atoms with E-state index >= 15 is 0 Å². The van der Waals surface area contributed by atoms with Crippen molar-refractivity contribution in [2.24, 2.45) is 5.73 Å². The zero-order chi connectivity index (χ0) is 19.8. The van der Waals surface area contributed by atoms with Gasteiger partial charge in [-0.05, 0) is 42.8 Å². The third kappa shape index (κ3) is 3.20. The number of pyridine rings is 1. The van der Waals surface area contributed by atoms with Gasteiger partial charge in [-0.1, -0.05) is 12.1 Å². The summed E-state index contributed by atoms with van der Waals surface area (Å²) < 4.78 is 0. The lowest BCUT2D eigenvalue weighted by Gasteiger charge is -2.20. The van der Waals surface area contributed by atoms with Gasteiger partial charge in [0.15, 0.2) is 0 Å². The first-order valence-electron chi connectivity index (χ1n) is 9.59. The first-order chi connectivity index (χ1) is 14.2. The molecular weight excluding hydrogens is 364 g/mol. The van der Waals surface area contributed by atoms with Crippen molar-refractivity contribution < 1.29 is 4.79 Å². The molecule has 7 heteroatoms. The van der Waals surface area contributed by atoms with E-state index in [0.717, 1.165) is 41.6 Å². The van der Waals surface area contributed by atoms with Gasteiger partial charge < -0.3 is 16.0 Å². The van der Waals surface area contributed by atoms with E-state index in [-0.39, 0.29) is 6.04 Å². The number of nitrogens with zero attached hydrogens (tertiary/aromatic N) is 4. The van der Waals surface area contributed by atoms with Gasteiger partial charge in [-0.2, -0.15) is 0 Å². The van der Waals surface area contributed by atoms with Gasteiger partial charge in [0.1, 0.15) is 12.1 Å². The molecule has 4 aromatic rings. The summed E-state index contributed by atoms with van der Waals surface area (Å²) in [6, 6.07) is 16.1. The Bertz CT molecular complexity index is 1220. The van der Waals surface area contributed by atoms with Crippen LogP contribution < -0.4 is 16.0 Å². The van der Waals surface area contributed by atoms with E-state index in [2.05, 4.69) is 49.4 Å². The highest BCUT2D eigenvalue weighted by Gasteiger charge is 2.24. The highest BCUT2D eigenvalue weighted by Crippen LogP contribution is 2.27. The van der Waals surface area contributed by atoms with Crippen LogP contribution in [0.1, 0.15) is 16.8 Å². The lowest BCUT2D eigenvalue weighted by molar-refractivity contribution is 0.100. The summed E-state index contributed by atoms with van der Waals surface area (Å²) in [5, 5.41) is 5.48. The van der Waals surface area contributed by atoms with Gasteiger partial charge in [0.2, 0.25) is 0 Å². The average Bonchev–Trinajstić information content (AvgIpc) is 3.21. The van der Waals surface area contributed by atoms with Crippen LogP contribution in [0.5, 0.6) is 0 Å². The summed E-state index contributed by atoms with van der Waals surface area (Å²) in [6.07, 6.45) is 4.28. The zero-order valence-corrected chi connectivity index (χ0v) is 15.7. The summed E-state index contributed by atoms with van der Waals surface area (Å²) in [7, 11) is 0. The highest BCUT2D eigenvalue weighted by atomic mass is 16.1. The minimum Gasteiger partial charge on any atom is -0.369 e. The molecule has 3 N–H and O–H groups in total. The van der Waals surface area contributed by atoms with Crippen LogP contribution in [-0.2, 0) is 0 Å². The normalized spacial score (nSPS) is 16.4. The molecule has 1 aliphatic rings. The monoisotopic (exact) mass is 384 g/mol. The van der Waals surface area contributed by atoms with Crippen LogP contribution in [0.15, 0.2) is 61.1 Å². The molecule has 1 fully saturated rings. The van der Waals surface area contributed by atoms with Crippen molar-refractivity contribution in [2.75, 3.05) is 23.3 Å². The number of amides is 1. The Labute approximate surface area is 167 Å². The van der Waals surface area contributed by atoms with Crippen LogP contribution >= 0.6 is 0 Å². The molecule has 1 unspecified atom stereocenters. The van der Waals surface area contributed by atoms with Crippen molar-refractivity contribution in [2.45, 2.75) is 12.5 Å². The highest BCUT2D eigenvalue weighted by molar-refractivity contribution is 6.06. The standard InChI is InChI=1S/C22H20N6O/c23-21(29)17-4-1-5-18-20(17)25-13-26-22(18)27-15-8-10-28(12-15)16-6-7-19-14(11-16)3-2-9-24-19/h1-7,9,11,13,15H,8,10,12H2,(H2,23,29)(H,25,26,27). The summed E-state index contributed by atoms with van der Waals surface area (Å²) in [6.45, 7) is 1.83. The molecule has 2 aromatic carbocycles. The fourth-order valence-electron chi connectivity index (χ4n) is 3.97. The Morgan fingerprint density at radius 1 is 1.10 bits per heavy atom. The van der Waals surface area contributed by atoms with E-state index in [0.29, 0.717) is 11.1 Å². The number of nitrogens with two attached hydrogens (primary N) is 1. The van der Waals surface area contributed by atoms with Crippen LogP contribution in [0.2, 0.25) is 0 Å². The number of anilines is 2. The van der Waals surface area contributed by atoms with Crippen molar-refractivity contribution in [3.8, 4) is 0 Å². The Balaban J connectivity index is 1.38. The quantitative estimate of drug-likeness (QED) is 0.561. The molecule has 2 aromatic heterocycles. The summed E-state index contributed by atoms with van der Waals surface area (Å²) in [5.41, 5.74) is 8.67. The van der Waals surface area contributed by atoms with Crippen molar-refractivity contribution in [1.82, 2.24) is 15.0 Å². The molecule has 1 aliphatic heterocycles. The molecule has 0 aliphatic carbocycles. The first kappa shape index (κ1) is 17.4. The second-order valence-electron chi connectivity index (χ2n) is 7.24. The predicted molar refractivity (Wildman–Crippen MR) is 114 cm³/mol. The molecule has 29 heavy (non-hydrogen) atoms. The van der Waals surface area contributed by atoms with Gasteiger partial charge in [0.25, 0.3) is 5.91 Å². The number of rotatable bonds is 4. The number of carbonyl (C=O) groups excluding carboxylic acids is 1. The van der Waals surface area contributed by atoms with Gasteiger partial charge in [0, 0.05) is 41.8 Å². The molecule has 0 bridgehead atoms. The van der Waals surface area contributed by atoms with Gasteiger partial charge in [0.05, 0.1) is 16.6 Å². The number of hydrogen-bond acceptors (Lipinski definition) is 6. The van der Waals surface area contributed by atoms with Crippen LogP contribution in [0.4, 0.5) is 11.5 Å². The SMILES string of the molecule is NC(=O)c1cccc2c(NC3CCN(c4ccc5ncccc5c4)C3)ncnc12. The number of primary amides is 1. The first-order valence-corrected chi connectivity index (χ1v) is 9.59. The largest absolute Gasteiger partial charge is 0.369 e. The predicted octanol–water partition coefficient (Wildman–Crippen LogP) is 2.97. The minimum atomic E-state index is -0.488. The van der Waals surface area contributed by atoms with E-state index < -0.39 is 5.91 Å². The fourth-order valence-corrected chi connectivity index (χ4v) is 3.97. The molecule has 0 saturated carbocycles. The molecule has 1 saturated heterocycles. The van der Waals surface area contributed by atoms with Crippen LogP contribution in [-0.4, -0.2) is 40.0 Å². The van der Waals surface area contributed by atoms with Gasteiger partial charge >= 0.3 is 0 Å². The molecule has 7 nitrogen and oxygen atoms in total. The number of para-hydroxylation sites is 1. The van der Waals surface area contributed by atoms with E-state index in [9.17, 15) is 4.79 Å². The molecule has 0 radical (unpaired) electrons. The third-order valence-electron chi connectivity index (χ3n) is 5.41. The van der Waals surface area contributed by atoms with E-state index in [4.69, 9.17) is 5.73 Å². The van der Waals surface area contributed by atoms with E-state index in [1.54, 1.807) is 12.1 Å². The lowest BCUT2D eigenvalue weighted by Crippen LogP contribution is -2.26. The third-order valence-corrected chi connectivity index (χ3v) is 5.41. The Kier molecular flexibility index (Phi) is 4.20. The zero-order valence-electron chi connectivity index (χ0n) is 15.7. The fraction of sp³-hybridized carbons (Fsp3) is 0.182. The maximum atomic E-state index is 11.7. The van der Waals surface area contributed by atoms with Crippen LogP contribution in [0.3, 0.4) is 0 Å².